The number of alkyl halides is 3. The summed E-state index contributed by atoms with van der Waals surface area (Å²) < 4.78 is 47.0. The second kappa shape index (κ2) is 9.94. The van der Waals surface area contributed by atoms with Crippen molar-refractivity contribution in [2.45, 2.75) is 51.6 Å². The number of rotatable bonds is 8. The number of aliphatic imine (C=N–C) groups is 1. The Labute approximate surface area is 158 Å². The summed E-state index contributed by atoms with van der Waals surface area (Å²) >= 11 is 0. The Morgan fingerprint density at radius 2 is 2.07 bits per heavy atom. The van der Waals surface area contributed by atoms with Crippen molar-refractivity contribution in [3.05, 3.63) is 35.4 Å². The summed E-state index contributed by atoms with van der Waals surface area (Å²) in [6.45, 7) is 5.36. The molecule has 1 atom stereocenters. The average Bonchev–Trinajstić information content (AvgIpc) is 3.04. The molecule has 5 nitrogen and oxygen atoms in total. The Balaban J connectivity index is 1.89. The first-order valence-corrected chi connectivity index (χ1v) is 9.18. The molecule has 1 unspecified atom stereocenters. The Morgan fingerprint density at radius 3 is 2.74 bits per heavy atom. The summed E-state index contributed by atoms with van der Waals surface area (Å²) in [5.74, 6) is 0.688. The van der Waals surface area contributed by atoms with E-state index in [9.17, 15) is 13.2 Å². The summed E-state index contributed by atoms with van der Waals surface area (Å²) in [6, 6.07) is 7.24. The number of ether oxygens (including phenoxy) is 2. The third-order valence-corrected chi connectivity index (χ3v) is 4.22. The molecule has 8 heteroatoms. The first-order chi connectivity index (χ1) is 12.8. The summed E-state index contributed by atoms with van der Waals surface area (Å²) in [4.78, 5) is 4.55. The Morgan fingerprint density at radius 1 is 1.30 bits per heavy atom. The van der Waals surface area contributed by atoms with E-state index < -0.39 is 12.8 Å². The van der Waals surface area contributed by atoms with Crippen LogP contribution in [0.1, 0.15) is 37.8 Å². The molecule has 0 radical (unpaired) electrons. The van der Waals surface area contributed by atoms with E-state index >= 15 is 0 Å². The maximum atomic E-state index is 12.2. The topological polar surface area (TPSA) is 54.9 Å². The molecule has 2 rings (SSSR count). The third kappa shape index (κ3) is 8.17. The van der Waals surface area contributed by atoms with Gasteiger partial charge in [-0.3, -0.25) is 0 Å². The molecule has 1 aliphatic heterocycles. The van der Waals surface area contributed by atoms with Crippen molar-refractivity contribution >= 4 is 5.96 Å². The molecule has 1 aliphatic rings. The zero-order valence-electron chi connectivity index (χ0n) is 15.9. The van der Waals surface area contributed by atoms with Gasteiger partial charge in [-0.2, -0.15) is 13.2 Å². The number of hydrogen-bond donors (Lipinski definition) is 2. The fraction of sp³-hybridized carbons (Fsp3) is 0.632. The molecule has 27 heavy (non-hydrogen) atoms. The van der Waals surface area contributed by atoms with Gasteiger partial charge in [-0.15, -0.1) is 0 Å². The van der Waals surface area contributed by atoms with Crippen LogP contribution in [0.15, 0.2) is 29.3 Å². The zero-order valence-corrected chi connectivity index (χ0v) is 15.9. The van der Waals surface area contributed by atoms with Crippen molar-refractivity contribution in [1.29, 1.82) is 0 Å². The van der Waals surface area contributed by atoms with Crippen molar-refractivity contribution in [1.82, 2.24) is 10.6 Å². The highest BCUT2D eigenvalue weighted by Crippen LogP contribution is 2.23. The minimum absolute atomic E-state index is 0.0783. The van der Waals surface area contributed by atoms with E-state index in [1.807, 2.05) is 19.1 Å². The van der Waals surface area contributed by atoms with Gasteiger partial charge in [0.1, 0.15) is 6.61 Å². The van der Waals surface area contributed by atoms with Crippen LogP contribution in [-0.2, 0) is 22.6 Å². The summed E-state index contributed by atoms with van der Waals surface area (Å²) in [7, 11) is 0. The molecule has 1 fully saturated rings. The van der Waals surface area contributed by atoms with Crippen molar-refractivity contribution in [3.63, 3.8) is 0 Å². The Bertz CT molecular complexity index is 614. The lowest BCUT2D eigenvalue weighted by molar-refractivity contribution is -0.176. The highest BCUT2D eigenvalue weighted by atomic mass is 19.4. The lowest BCUT2D eigenvalue weighted by Crippen LogP contribution is -2.45. The zero-order chi connectivity index (χ0) is 19.8. The maximum Gasteiger partial charge on any atom is 0.411 e. The average molecular weight is 387 g/mol. The van der Waals surface area contributed by atoms with E-state index in [2.05, 4.69) is 22.5 Å². The normalized spacial score (nSPS) is 20.7. The molecular formula is C19H28F3N3O2. The second-order valence-corrected chi connectivity index (χ2v) is 6.88. The van der Waals surface area contributed by atoms with Gasteiger partial charge in [0.25, 0.3) is 0 Å². The predicted molar refractivity (Wildman–Crippen MR) is 98.6 cm³/mol. The molecule has 0 saturated carbocycles. The van der Waals surface area contributed by atoms with Gasteiger partial charge in [0, 0.05) is 19.7 Å². The van der Waals surface area contributed by atoms with Crippen LogP contribution in [-0.4, -0.2) is 44.0 Å². The van der Waals surface area contributed by atoms with Crippen LogP contribution in [0.5, 0.6) is 0 Å². The molecule has 0 aromatic heterocycles. The highest BCUT2D eigenvalue weighted by Gasteiger charge is 2.29. The van der Waals surface area contributed by atoms with Gasteiger partial charge in [0.05, 0.1) is 18.8 Å². The van der Waals surface area contributed by atoms with Gasteiger partial charge in [-0.1, -0.05) is 24.3 Å². The minimum atomic E-state index is -4.31. The van der Waals surface area contributed by atoms with Crippen molar-refractivity contribution in [2.24, 2.45) is 4.99 Å². The van der Waals surface area contributed by atoms with Crippen LogP contribution < -0.4 is 10.6 Å². The van der Waals surface area contributed by atoms with Crippen LogP contribution in [0.25, 0.3) is 0 Å². The van der Waals surface area contributed by atoms with Crippen LogP contribution in [0.2, 0.25) is 0 Å². The van der Waals surface area contributed by atoms with Crippen LogP contribution in [0.3, 0.4) is 0 Å². The van der Waals surface area contributed by atoms with E-state index in [4.69, 9.17) is 9.47 Å². The third-order valence-electron chi connectivity index (χ3n) is 4.22. The van der Waals surface area contributed by atoms with Gasteiger partial charge in [0.2, 0.25) is 0 Å². The highest BCUT2D eigenvalue weighted by molar-refractivity contribution is 5.79. The van der Waals surface area contributed by atoms with Crippen molar-refractivity contribution in [3.8, 4) is 0 Å². The summed E-state index contributed by atoms with van der Waals surface area (Å²) in [5.41, 5.74) is 1.42. The number of guanidine groups is 1. The van der Waals surface area contributed by atoms with Gasteiger partial charge in [-0.05, 0) is 37.8 Å². The van der Waals surface area contributed by atoms with Gasteiger partial charge in [-0.25, -0.2) is 4.99 Å². The maximum absolute atomic E-state index is 12.2. The van der Waals surface area contributed by atoms with E-state index in [0.29, 0.717) is 24.6 Å². The Hall–Kier alpha value is -1.80. The molecule has 152 valence electrons. The lowest BCUT2D eigenvalue weighted by atomic mass is 10.0. The molecule has 0 bridgehead atoms. The quantitative estimate of drug-likeness (QED) is 0.530. The largest absolute Gasteiger partial charge is 0.411 e. The van der Waals surface area contributed by atoms with Crippen LogP contribution in [0, 0.1) is 0 Å². The van der Waals surface area contributed by atoms with Gasteiger partial charge >= 0.3 is 6.18 Å². The summed E-state index contributed by atoms with van der Waals surface area (Å²) in [5, 5.41) is 6.50. The summed E-state index contributed by atoms with van der Waals surface area (Å²) in [6.07, 6.45) is -2.23. The first-order valence-electron chi connectivity index (χ1n) is 9.18. The molecule has 1 aromatic rings. The molecule has 0 amide bonds. The molecular weight excluding hydrogens is 359 g/mol. The number of nitrogens with one attached hydrogen (secondary N) is 2. The Kier molecular flexibility index (Phi) is 7.91. The number of benzene rings is 1. The van der Waals surface area contributed by atoms with Crippen LogP contribution >= 0.6 is 0 Å². The fourth-order valence-electron chi connectivity index (χ4n) is 2.86. The molecule has 0 aliphatic carbocycles. The molecule has 1 saturated heterocycles. The van der Waals surface area contributed by atoms with Gasteiger partial charge in [0.15, 0.2) is 5.96 Å². The van der Waals surface area contributed by atoms with E-state index in [0.717, 1.165) is 31.6 Å². The van der Waals surface area contributed by atoms with E-state index in [1.165, 1.54) is 0 Å². The predicted octanol–water partition coefficient (Wildman–Crippen LogP) is 3.39. The number of halogens is 3. The standard InChI is InChI=1S/C19H28F3N3O2/c1-3-23-17(25-13-18(2)8-5-9-27-18)24-11-15-6-4-7-16(10-15)12-26-14-19(20,21)22/h4,6-7,10H,3,5,8-9,11-14H2,1-2H3,(H2,23,24,25). The second-order valence-electron chi connectivity index (χ2n) is 6.88. The smallest absolute Gasteiger partial charge is 0.373 e. The lowest BCUT2D eigenvalue weighted by Gasteiger charge is -2.24. The van der Waals surface area contributed by atoms with Crippen molar-refractivity contribution in [2.75, 3.05) is 26.3 Å². The monoisotopic (exact) mass is 387 g/mol. The first kappa shape index (κ1) is 21.5. The van der Waals surface area contributed by atoms with Crippen molar-refractivity contribution < 1.29 is 22.6 Å². The SMILES string of the molecule is CCNC(=NCc1cccc(COCC(F)(F)F)c1)NCC1(C)CCCO1. The molecule has 2 N–H and O–H groups in total. The fourth-order valence-corrected chi connectivity index (χ4v) is 2.86. The minimum Gasteiger partial charge on any atom is -0.373 e. The molecule has 0 spiro atoms. The molecule has 1 aromatic carbocycles. The molecule has 1 heterocycles. The number of hydrogen-bond acceptors (Lipinski definition) is 3. The van der Waals surface area contributed by atoms with Crippen LogP contribution in [0.4, 0.5) is 13.2 Å². The van der Waals surface area contributed by atoms with E-state index in [-0.39, 0.29) is 12.2 Å². The number of nitrogens with zero attached hydrogens (tertiary/aromatic N) is 1. The van der Waals surface area contributed by atoms with Gasteiger partial charge < -0.3 is 20.1 Å². The van der Waals surface area contributed by atoms with E-state index in [1.54, 1.807) is 12.1 Å².